The normalized spacial score (nSPS) is 26.4. The fraction of sp³-hybridized carbons (Fsp3) is 0.350. The predicted molar refractivity (Wildman–Crippen MR) is 94.0 cm³/mol. The molecule has 2 unspecified atom stereocenters. The highest BCUT2D eigenvalue weighted by atomic mass is 19.1. The van der Waals surface area contributed by atoms with E-state index >= 15 is 0 Å². The number of hydrogen-bond donors (Lipinski definition) is 1. The predicted octanol–water partition coefficient (Wildman–Crippen LogP) is 3.61. The van der Waals surface area contributed by atoms with Gasteiger partial charge in [0.1, 0.15) is 12.0 Å². The van der Waals surface area contributed by atoms with E-state index in [9.17, 15) is 13.6 Å². The molecule has 1 amide bonds. The van der Waals surface area contributed by atoms with Crippen LogP contribution in [0.25, 0.3) is 0 Å². The number of allylic oxidation sites excluding steroid dienone is 4. The first-order chi connectivity index (χ1) is 11.8. The summed E-state index contributed by atoms with van der Waals surface area (Å²) in [4.78, 5) is 14.4. The molecule has 1 aromatic rings. The summed E-state index contributed by atoms with van der Waals surface area (Å²) in [6, 6.07) is 9.16. The number of carbonyl (C=O) groups is 1. The smallest absolute Gasteiger partial charge is 0.243 e. The van der Waals surface area contributed by atoms with Gasteiger partial charge in [-0.1, -0.05) is 36.4 Å². The molecule has 2 N–H and O–H groups in total. The standard InChI is InChI=1S/C20H22F2N2O/c1-20(2,23)19(25)24-12-14(16-11-15(21)8-9-17(16)22)10-18(24)13-6-4-3-5-7-13/h3-11,16-18H,12,23H2,1-2H3/t16?,17?,18-/m0/s1. The Morgan fingerprint density at radius 2 is 1.92 bits per heavy atom. The maximum atomic E-state index is 14.3. The van der Waals surface area contributed by atoms with Crippen molar-refractivity contribution in [3.05, 3.63) is 71.6 Å². The van der Waals surface area contributed by atoms with Gasteiger partial charge in [0, 0.05) is 12.5 Å². The highest BCUT2D eigenvalue weighted by Gasteiger charge is 2.39. The molecule has 3 nitrogen and oxygen atoms in total. The lowest BCUT2D eigenvalue weighted by atomic mass is 9.90. The third-order valence-electron chi connectivity index (χ3n) is 4.56. The highest BCUT2D eigenvalue weighted by molar-refractivity contribution is 5.86. The molecule has 0 fully saturated rings. The Morgan fingerprint density at radius 1 is 1.24 bits per heavy atom. The molecule has 3 rings (SSSR count). The van der Waals surface area contributed by atoms with Crippen LogP contribution in [-0.2, 0) is 4.79 Å². The van der Waals surface area contributed by atoms with E-state index in [2.05, 4.69) is 0 Å². The van der Waals surface area contributed by atoms with Crippen LogP contribution in [0.2, 0.25) is 0 Å². The maximum Gasteiger partial charge on any atom is 0.243 e. The summed E-state index contributed by atoms with van der Waals surface area (Å²) in [5, 5.41) is 0. The molecule has 1 heterocycles. The minimum atomic E-state index is -1.30. The fourth-order valence-corrected chi connectivity index (χ4v) is 3.29. The second-order valence-corrected chi connectivity index (χ2v) is 7.13. The van der Waals surface area contributed by atoms with Crippen molar-refractivity contribution in [3.8, 4) is 0 Å². The molecular weight excluding hydrogens is 322 g/mol. The van der Waals surface area contributed by atoms with Crippen LogP contribution >= 0.6 is 0 Å². The van der Waals surface area contributed by atoms with Gasteiger partial charge in [0.05, 0.1) is 11.6 Å². The topological polar surface area (TPSA) is 46.3 Å². The molecule has 0 saturated carbocycles. The lowest BCUT2D eigenvalue weighted by Crippen LogP contribution is -2.51. The summed E-state index contributed by atoms with van der Waals surface area (Å²) in [7, 11) is 0. The SMILES string of the molecule is CC(C)(N)C(=O)N1CC(C2C=C(F)C=CC2F)=C[C@H]1c1ccccc1. The number of nitrogens with two attached hydrogens (primary N) is 1. The molecule has 0 spiro atoms. The highest BCUT2D eigenvalue weighted by Crippen LogP contribution is 2.38. The average molecular weight is 344 g/mol. The van der Waals surface area contributed by atoms with E-state index in [-0.39, 0.29) is 18.5 Å². The van der Waals surface area contributed by atoms with Crippen molar-refractivity contribution in [1.29, 1.82) is 0 Å². The first-order valence-electron chi connectivity index (χ1n) is 8.32. The molecule has 25 heavy (non-hydrogen) atoms. The number of nitrogens with zero attached hydrogens (tertiary/aromatic N) is 1. The van der Waals surface area contributed by atoms with Crippen LogP contribution < -0.4 is 5.73 Å². The molecule has 3 atom stereocenters. The van der Waals surface area contributed by atoms with E-state index in [1.54, 1.807) is 18.7 Å². The monoisotopic (exact) mass is 344 g/mol. The van der Waals surface area contributed by atoms with Gasteiger partial charge in [-0.25, -0.2) is 8.78 Å². The van der Waals surface area contributed by atoms with Crippen LogP contribution in [0.15, 0.2) is 66.0 Å². The Balaban J connectivity index is 1.97. The van der Waals surface area contributed by atoms with Gasteiger partial charge in [-0.3, -0.25) is 4.79 Å². The maximum absolute atomic E-state index is 14.3. The van der Waals surface area contributed by atoms with Gasteiger partial charge in [-0.05, 0) is 43.2 Å². The lowest BCUT2D eigenvalue weighted by molar-refractivity contribution is -0.136. The van der Waals surface area contributed by atoms with Crippen LogP contribution in [0.5, 0.6) is 0 Å². The second kappa shape index (κ2) is 6.56. The Bertz CT molecular complexity index is 747. The van der Waals surface area contributed by atoms with Crippen LogP contribution in [0.4, 0.5) is 8.78 Å². The molecule has 132 valence electrons. The average Bonchev–Trinajstić information content (AvgIpc) is 3.01. The van der Waals surface area contributed by atoms with E-state index in [1.165, 1.54) is 12.2 Å². The first kappa shape index (κ1) is 17.5. The van der Waals surface area contributed by atoms with Crippen molar-refractivity contribution in [3.63, 3.8) is 0 Å². The minimum absolute atomic E-state index is 0.223. The molecule has 1 aliphatic heterocycles. The lowest BCUT2D eigenvalue weighted by Gasteiger charge is -2.31. The molecule has 0 bridgehead atoms. The van der Waals surface area contributed by atoms with E-state index in [0.29, 0.717) is 5.57 Å². The molecule has 0 saturated heterocycles. The number of benzene rings is 1. The molecule has 2 aliphatic rings. The fourth-order valence-electron chi connectivity index (χ4n) is 3.29. The summed E-state index contributed by atoms with van der Waals surface area (Å²) >= 11 is 0. The molecule has 0 aromatic heterocycles. The number of amides is 1. The minimum Gasteiger partial charge on any atom is -0.327 e. The van der Waals surface area contributed by atoms with Gasteiger partial charge in [0.15, 0.2) is 0 Å². The van der Waals surface area contributed by atoms with Gasteiger partial charge < -0.3 is 10.6 Å². The van der Waals surface area contributed by atoms with Crippen molar-refractivity contribution in [2.75, 3.05) is 6.54 Å². The third-order valence-corrected chi connectivity index (χ3v) is 4.56. The summed E-state index contributed by atoms with van der Waals surface area (Å²) in [5.41, 5.74) is 6.57. The van der Waals surface area contributed by atoms with Crippen LogP contribution in [0, 0.1) is 5.92 Å². The number of halogens is 2. The zero-order chi connectivity index (χ0) is 18.2. The molecular formula is C20H22F2N2O. The third kappa shape index (κ3) is 3.56. The van der Waals surface area contributed by atoms with Gasteiger partial charge in [0.2, 0.25) is 5.91 Å². The summed E-state index contributed by atoms with van der Waals surface area (Å²) in [6.07, 6.45) is 4.19. The van der Waals surface area contributed by atoms with E-state index in [0.717, 1.165) is 11.6 Å². The van der Waals surface area contributed by atoms with Crippen molar-refractivity contribution in [2.24, 2.45) is 11.7 Å². The Kier molecular flexibility index (Phi) is 4.60. The van der Waals surface area contributed by atoms with E-state index in [4.69, 9.17) is 5.73 Å². The molecule has 1 aromatic carbocycles. The van der Waals surface area contributed by atoms with Gasteiger partial charge >= 0.3 is 0 Å². The van der Waals surface area contributed by atoms with Gasteiger partial charge in [-0.2, -0.15) is 0 Å². The van der Waals surface area contributed by atoms with Crippen molar-refractivity contribution >= 4 is 5.91 Å². The van der Waals surface area contributed by atoms with Crippen molar-refractivity contribution in [1.82, 2.24) is 4.90 Å². The molecule has 5 heteroatoms. The summed E-state index contributed by atoms with van der Waals surface area (Å²) in [6.45, 7) is 3.54. The van der Waals surface area contributed by atoms with Gasteiger partial charge in [-0.15, -0.1) is 0 Å². The number of rotatable bonds is 3. The number of alkyl halides is 1. The van der Waals surface area contributed by atoms with Crippen LogP contribution in [0.1, 0.15) is 25.5 Å². The Hall–Kier alpha value is -2.27. The number of carbonyl (C=O) groups excluding carboxylic acids is 1. The second-order valence-electron chi connectivity index (χ2n) is 7.13. The van der Waals surface area contributed by atoms with Crippen LogP contribution in [-0.4, -0.2) is 29.1 Å². The Morgan fingerprint density at radius 3 is 2.56 bits per heavy atom. The van der Waals surface area contributed by atoms with Gasteiger partial charge in [0.25, 0.3) is 0 Å². The quantitative estimate of drug-likeness (QED) is 0.852. The zero-order valence-electron chi connectivity index (χ0n) is 14.3. The molecule has 0 radical (unpaired) electrons. The van der Waals surface area contributed by atoms with Crippen molar-refractivity contribution < 1.29 is 13.6 Å². The summed E-state index contributed by atoms with van der Waals surface area (Å²) < 4.78 is 27.9. The molecule has 1 aliphatic carbocycles. The Labute approximate surface area is 146 Å². The first-order valence-corrected chi connectivity index (χ1v) is 8.32. The zero-order valence-corrected chi connectivity index (χ0v) is 14.3. The van der Waals surface area contributed by atoms with E-state index < -0.39 is 23.5 Å². The summed E-state index contributed by atoms with van der Waals surface area (Å²) in [5.74, 6) is -1.38. The van der Waals surface area contributed by atoms with E-state index in [1.807, 2.05) is 36.4 Å². The number of hydrogen-bond acceptors (Lipinski definition) is 2. The largest absolute Gasteiger partial charge is 0.327 e. The van der Waals surface area contributed by atoms with Crippen LogP contribution in [0.3, 0.4) is 0 Å². The van der Waals surface area contributed by atoms with Crippen molar-refractivity contribution in [2.45, 2.75) is 31.6 Å².